The number of hydrogen-bond donors (Lipinski definition) is 1. The molecular weight excluding hydrogens is 386 g/mol. The van der Waals surface area contributed by atoms with Gasteiger partial charge in [0.2, 0.25) is 5.91 Å². The predicted molar refractivity (Wildman–Crippen MR) is 114 cm³/mol. The fourth-order valence-electron chi connectivity index (χ4n) is 2.94. The van der Waals surface area contributed by atoms with E-state index < -0.39 is 15.9 Å². The lowest BCUT2D eigenvalue weighted by Crippen LogP contribution is -2.38. The highest BCUT2D eigenvalue weighted by Gasteiger charge is 2.28. The van der Waals surface area contributed by atoms with Crippen LogP contribution in [0, 0.1) is 20.8 Å². The fourth-order valence-corrected chi connectivity index (χ4v) is 4.44. The van der Waals surface area contributed by atoms with Crippen LogP contribution < -0.4 is 9.62 Å². The van der Waals surface area contributed by atoms with Crippen LogP contribution in [0.15, 0.2) is 71.8 Å². The minimum atomic E-state index is -3.93. The summed E-state index contributed by atoms with van der Waals surface area (Å²) in [5.74, 6) is -0.443. The average molecular weight is 410 g/mol. The molecule has 0 unspecified atom stereocenters. The van der Waals surface area contributed by atoms with Gasteiger partial charge in [-0.15, -0.1) is 0 Å². The minimum Gasteiger partial charge on any atom is -0.323 e. The average Bonchev–Trinajstić information content (AvgIpc) is 2.70. The maximum absolute atomic E-state index is 13.4. The van der Waals surface area contributed by atoms with Gasteiger partial charge in [-0.25, -0.2) is 8.42 Å². The molecule has 7 heteroatoms. The molecule has 0 saturated carbocycles. The third-order valence-corrected chi connectivity index (χ3v) is 6.31. The Morgan fingerprint density at radius 3 is 2.41 bits per heavy atom. The molecule has 0 saturated heterocycles. The predicted octanol–water partition coefficient (Wildman–Crippen LogP) is 3.84. The summed E-state index contributed by atoms with van der Waals surface area (Å²) in [7, 11) is -3.93. The van der Waals surface area contributed by atoms with Crippen LogP contribution >= 0.6 is 0 Å². The Morgan fingerprint density at radius 2 is 1.72 bits per heavy atom. The first-order valence-corrected chi connectivity index (χ1v) is 10.6. The van der Waals surface area contributed by atoms with Crippen molar-refractivity contribution in [3.63, 3.8) is 0 Å². The highest BCUT2D eigenvalue weighted by atomic mass is 32.2. The van der Waals surface area contributed by atoms with E-state index in [9.17, 15) is 13.2 Å². The number of pyridine rings is 1. The summed E-state index contributed by atoms with van der Waals surface area (Å²) >= 11 is 0. The SMILES string of the molecule is Cc1ccc(C)c(N(CC(=O)Nc2cccnc2C)S(=O)(=O)c2ccccc2)c1. The van der Waals surface area contributed by atoms with E-state index in [0.717, 1.165) is 15.4 Å². The minimum absolute atomic E-state index is 0.131. The van der Waals surface area contributed by atoms with Gasteiger partial charge in [-0.2, -0.15) is 0 Å². The van der Waals surface area contributed by atoms with Crippen LogP contribution in [-0.4, -0.2) is 25.9 Å². The Balaban J connectivity index is 2.00. The molecule has 0 aliphatic heterocycles. The number of rotatable bonds is 6. The van der Waals surface area contributed by atoms with Crippen molar-refractivity contribution >= 4 is 27.3 Å². The molecule has 1 heterocycles. The molecule has 3 aromatic rings. The topological polar surface area (TPSA) is 79.4 Å². The Kier molecular flexibility index (Phi) is 5.98. The standard InChI is InChI=1S/C22H23N3O3S/c1-16-11-12-17(2)21(14-16)25(29(27,28)19-8-5-4-6-9-19)15-22(26)24-20-10-7-13-23-18(20)3/h4-14H,15H2,1-3H3,(H,24,26). The van der Waals surface area contributed by atoms with E-state index >= 15 is 0 Å². The summed E-state index contributed by atoms with van der Waals surface area (Å²) < 4.78 is 27.9. The van der Waals surface area contributed by atoms with Crippen LogP contribution in [0.3, 0.4) is 0 Å². The summed E-state index contributed by atoms with van der Waals surface area (Å²) in [6, 6.07) is 17.1. The van der Waals surface area contributed by atoms with Crippen molar-refractivity contribution in [3.8, 4) is 0 Å². The molecule has 1 amide bonds. The molecule has 0 spiro atoms. The molecule has 0 aliphatic rings. The summed E-state index contributed by atoms with van der Waals surface area (Å²) in [5, 5.41) is 2.76. The zero-order chi connectivity index (χ0) is 21.0. The summed E-state index contributed by atoms with van der Waals surface area (Å²) in [6.07, 6.45) is 1.63. The van der Waals surface area contributed by atoms with E-state index in [-0.39, 0.29) is 11.4 Å². The molecule has 29 heavy (non-hydrogen) atoms. The number of aromatic nitrogens is 1. The number of carbonyl (C=O) groups is 1. The van der Waals surface area contributed by atoms with Crippen LogP contribution in [0.4, 0.5) is 11.4 Å². The number of nitrogens with one attached hydrogen (secondary N) is 1. The van der Waals surface area contributed by atoms with Crippen LogP contribution in [0.2, 0.25) is 0 Å². The van der Waals surface area contributed by atoms with Crippen molar-refractivity contribution < 1.29 is 13.2 Å². The van der Waals surface area contributed by atoms with Crippen LogP contribution in [0.25, 0.3) is 0 Å². The number of amides is 1. The van der Waals surface area contributed by atoms with Crippen molar-refractivity contribution in [1.82, 2.24) is 4.98 Å². The molecule has 6 nitrogen and oxygen atoms in total. The monoisotopic (exact) mass is 409 g/mol. The van der Waals surface area contributed by atoms with Gasteiger partial charge < -0.3 is 5.32 Å². The molecular formula is C22H23N3O3S. The Bertz CT molecular complexity index is 1130. The van der Waals surface area contributed by atoms with Crippen LogP contribution in [0.1, 0.15) is 16.8 Å². The second kappa shape index (κ2) is 8.45. The van der Waals surface area contributed by atoms with E-state index in [4.69, 9.17) is 0 Å². The molecule has 1 aromatic heterocycles. The lowest BCUT2D eigenvalue weighted by Gasteiger charge is -2.26. The largest absolute Gasteiger partial charge is 0.323 e. The summed E-state index contributed by atoms with van der Waals surface area (Å²) in [5.41, 5.74) is 3.36. The van der Waals surface area contributed by atoms with Gasteiger partial charge in [-0.05, 0) is 62.2 Å². The second-order valence-electron chi connectivity index (χ2n) is 6.80. The number of anilines is 2. The number of benzene rings is 2. The van der Waals surface area contributed by atoms with Gasteiger partial charge in [-0.1, -0.05) is 30.3 Å². The number of carbonyl (C=O) groups excluding carboxylic acids is 1. The maximum Gasteiger partial charge on any atom is 0.264 e. The van der Waals surface area contributed by atoms with Crippen molar-refractivity contribution in [2.45, 2.75) is 25.7 Å². The lowest BCUT2D eigenvalue weighted by atomic mass is 10.1. The normalized spacial score (nSPS) is 11.1. The molecule has 0 bridgehead atoms. The van der Waals surface area contributed by atoms with Crippen LogP contribution in [-0.2, 0) is 14.8 Å². The van der Waals surface area contributed by atoms with E-state index in [1.807, 2.05) is 26.0 Å². The molecule has 0 fully saturated rings. The van der Waals surface area contributed by atoms with Crippen molar-refractivity contribution in [3.05, 3.63) is 83.7 Å². The highest BCUT2D eigenvalue weighted by molar-refractivity contribution is 7.92. The number of nitrogens with zero attached hydrogens (tertiary/aromatic N) is 2. The Hall–Kier alpha value is -3.19. The molecule has 3 rings (SSSR count). The third kappa shape index (κ3) is 4.63. The van der Waals surface area contributed by atoms with Gasteiger partial charge in [0.25, 0.3) is 10.0 Å². The van der Waals surface area contributed by atoms with Gasteiger partial charge >= 0.3 is 0 Å². The first-order valence-electron chi connectivity index (χ1n) is 9.15. The van der Waals surface area contributed by atoms with Gasteiger partial charge in [0.1, 0.15) is 6.54 Å². The lowest BCUT2D eigenvalue weighted by molar-refractivity contribution is -0.114. The summed E-state index contributed by atoms with van der Waals surface area (Å²) in [6.45, 7) is 5.13. The van der Waals surface area contributed by atoms with Gasteiger partial charge in [-0.3, -0.25) is 14.1 Å². The molecule has 1 N–H and O–H groups in total. The summed E-state index contributed by atoms with van der Waals surface area (Å²) in [4.78, 5) is 17.1. The van der Waals surface area contributed by atoms with Gasteiger partial charge in [0, 0.05) is 6.20 Å². The maximum atomic E-state index is 13.4. The van der Waals surface area contributed by atoms with Gasteiger partial charge in [0.05, 0.1) is 22.0 Å². The second-order valence-corrected chi connectivity index (χ2v) is 8.66. The van der Waals surface area contributed by atoms with E-state index in [1.54, 1.807) is 49.5 Å². The van der Waals surface area contributed by atoms with E-state index in [1.165, 1.54) is 12.1 Å². The number of aryl methyl sites for hydroxylation is 3. The Morgan fingerprint density at radius 1 is 1.00 bits per heavy atom. The Labute approximate surface area is 171 Å². The van der Waals surface area contributed by atoms with E-state index in [2.05, 4.69) is 10.3 Å². The quantitative estimate of drug-likeness (QED) is 0.671. The van der Waals surface area contributed by atoms with E-state index in [0.29, 0.717) is 17.1 Å². The van der Waals surface area contributed by atoms with Crippen molar-refractivity contribution in [1.29, 1.82) is 0 Å². The zero-order valence-electron chi connectivity index (χ0n) is 16.6. The molecule has 0 atom stereocenters. The number of sulfonamides is 1. The molecule has 0 aliphatic carbocycles. The molecule has 150 valence electrons. The molecule has 2 aromatic carbocycles. The highest BCUT2D eigenvalue weighted by Crippen LogP contribution is 2.28. The fraction of sp³-hybridized carbons (Fsp3) is 0.182. The smallest absolute Gasteiger partial charge is 0.264 e. The van der Waals surface area contributed by atoms with Crippen molar-refractivity contribution in [2.24, 2.45) is 0 Å². The first kappa shape index (κ1) is 20.5. The van der Waals surface area contributed by atoms with Crippen molar-refractivity contribution in [2.75, 3.05) is 16.2 Å². The molecule has 0 radical (unpaired) electrons. The number of hydrogen-bond acceptors (Lipinski definition) is 4. The van der Waals surface area contributed by atoms with Crippen LogP contribution in [0.5, 0.6) is 0 Å². The third-order valence-electron chi connectivity index (χ3n) is 4.53. The van der Waals surface area contributed by atoms with Gasteiger partial charge in [0.15, 0.2) is 0 Å². The zero-order valence-corrected chi connectivity index (χ0v) is 17.4. The first-order chi connectivity index (χ1) is 13.8.